The van der Waals surface area contributed by atoms with E-state index >= 15 is 0 Å². The molecule has 1 aromatic heterocycles. The Kier molecular flexibility index (Phi) is 6.46. The summed E-state index contributed by atoms with van der Waals surface area (Å²) < 4.78 is 10.00. The number of ether oxygens (including phenoxy) is 2. The Bertz CT molecular complexity index is 454. The largest absolute Gasteiger partial charge is 0.462 e. The fourth-order valence-corrected chi connectivity index (χ4v) is 1.39. The van der Waals surface area contributed by atoms with Crippen LogP contribution in [0.15, 0.2) is 36.2 Å². The molecule has 0 N–H and O–H groups in total. The Morgan fingerprint density at radius 3 is 2.68 bits per heavy atom. The molecular formula is C14H17NO4. The van der Waals surface area contributed by atoms with Crippen LogP contribution in [0.5, 0.6) is 0 Å². The molecule has 1 heterocycles. The highest BCUT2D eigenvalue weighted by Crippen LogP contribution is 2.09. The Labute approximate surface area is 112 Å². The number of hydrogen-bond acceptors (Lipinski definition) is 5. The first-order chi connectivity index (χ1) is 9.20. The molecule has 0 bridgehead atoms. The van der Waals surface area contributed by atoms with Crippen LogP contribution >= 0.6 is 0 Å². The van der Waals surface area contributed by atoms with E-state index in [1.165, 1.54) is 12.3 Å². The van der Waals surface area contributed by atoms with Gasteiger partial charge >= 0.3 is 5.97 Å². The number of rotatable bonds is 7. The van der Waals surface area contributed by atoms with Crippen LogP contribution in [0.1, 0.15) is 24.2 Å². The quantitative estimate of drug-likeness (QED) is 0.187. The summed E-state index contributed by atoms with van der Waals surface area (Å²) in [6.07, 6.45) is 4.41. The van der Waals surface area contributed by atoms with Gasteiger partial charge in [-0.05, 0) is 32.1 Å². The standard InChI is InChI=1S/C14H17NO4/c1-3-18-9-7-12(14(17)19-4-2)13(16)11-6-5-8-15-10-11/h5-8,10H,3-4,9H2,1-2H3/b12-7-. The van der Waals surface area contributed by atoms with Gasteiger partial charge in [-0.3, -0.25) is 9.78 Å². The zero-order valence-electron chi connectivity index (χ0n) is 11.1. The second kappa shape index (κ2) is 8.16. The monoisotopic (exact) mass is 263 g/mol. The molecule has 0 aliphatic heterocycles. The molecule has 0 atom stereocenters. The van der Waals surface area contributed by atoms with Gasteiger partial charge in [-0.1, -0.05) is 0 Å². The number of Topliss-reactive ketones (excluding diaryl/α,β-unsaturated/α-hetero) is 1. The molecule has 102 valence electrons. The second-order valence-electron chi connectivity index (χ2n) is 3.57. The lowest BCUT2D eigenvalue weighted by atomic mass is 10.1. The number of esters is 1. The minimum absolute atomic E-state index is 0.0247. The van der Waals surface area contributed by atoms with E-state index in [1.54, 1.807) is 25.3 Å². The molecule has 0 aliphatic rings. The van der Waals surface area contributed by atoms with Crippen molar-refractivity contribution in [3.8, 4) is 0 Å². The zero-order valence-corrected chi connectivity index (χ0v) is 11.1. The second-order valence-corrected chi connectivity index (χ2v) is 3.57. The van der Waals surface area contributed by atoms with E-state index < -0.39 is 11.8 Å². The molecule has 0 spiro atoms. The van der Waals surface area contributed by atoms with E-state index in [-0.39, 0.29) is 18.8 Å². The molecular weight excluding hydrogens is 246 g/mol. The van der Waals surface area contributed by atoms with Gasteiger partial charge in [0.1, 0.15) is 5.57 Å². The van der Waals surface area contributed by atoms with E-state index in [9.17, 15) is 9.59 Å². The van der Waals surface area contributed by atoms with Crippen LogP contribution < -0.4 is 0 Å². The van der Waals surface area contributed by atoms with Crippen LogP contribution in [0.25, 0.3) is 0 Å². The van der Waals surface area contributed by atoms with Crippen molar-refractivity contribution in [2.45, 2.75) is 13.8 Å². The summed E-state index contributed by atoms with van der Waals surface area (Å²) in [7, 11) is 0. The normalized spacial score (nSPS) is 11.2. The lowest BCUT2D eigenvalue weighted by Crippen LogP contribution is -2.17. The van der Waals surface area contributed by atoms with Crippen molar-refractivity contribution in [2.24, 2.45) is 0 Å². The first-order valence-corrected chi connectivity index (χ1v) is 6.10. The summed E-state index contributed by atoms with van der Waals surface area (Å²) in [4.78, 5) is 27.8. The fraction of sp³-hybridized carbons (Fsp3) is 0.357. The molecule has 0 amide bonds. The maximum atomic E-state index is 12.2. The lowest BCUT2D eigenvalue weighted by Gasteiger charge is -2.06. The highest BCUT2D eigenvalue weighted by Gasteiger charge is 2.20. The third-order valence-electron chi connectivity index (χ3n) is 2.27. The number of carbonyl (C=O) groups excluding carboxylic acids is 2. The van der Waals surface area contributed by atoms with Gasteiger partial charge < -0.3 is 9.47 Å². The van der Waals surface area contributed by atoms with Crippen molar-refractivity contribution in [2.75, 3.05) is 19.8 Å². The van der Waals surface area contributed by atoms with E-state index in [4.69, 9.17) is 9.47 Å². The summed E-state index contributed by atoms with van der Waals surface area (Å²) in [5.41, 5.74) is 0.321. The van der Waals surface area contributed by atoms with Crippen LogP contribution in [0.4, 0.5) is 0 Å². The van der Waals surface area contributed by atoms with Gasteiger partial charge in [0.25, 0.3) is 0 Å². The van der Waals surface area contributed by atoms with Gasteiger partial charge in [-0.25, -0.2) is 4.79 Å². The van der Waals surface area contributed by atoms with Gasteiger partial charge in [0.2, 0.25) is 5.78 Å². The third-order valence-corrected chi connectivity index (χ3v) is 2.27. The summed E-state index contributed by atoms with van der Waals surface area (Å²) in [6, 6.07) is 3.24. The Morgan fingerprint density at radius 2 is 2.11 bits per heavy atom. The average molecular weight is 263 g/mol. The summed E-state index contributed by atoms with van der Waals surface area (Å²) in [5.74, 6) is -1.05. The van der Waals surface area contributed by atoms with Crippen molar-refractivity contribution in [3.63, 3.8) is 0 Å². The molecule has 0 saturated heterocycles. The van der Waals surface area contributed by atoms with Gasteiger partial charge in [0.05, 0.1) is 13.2 Å². The van der Waals surface area contributed by atoms with Gasteiger partial charge in [0.15, 0.2) is 0 Å². The molecule has 1 aromatic rings. The smallest absolute Gasteiger partial charge is 0.341 e. The van der Waals surface area contributed by atoms with E-state index in [0.717, 1.165) is 0 Å². The van der Waals surface area contributed by atoms with Gasteiger partial charge in [0, 0.05) is 24.6 Å². The van der Waals surface area contributed by atoms with Crippen molar-refractivity contribution in [3.05, 3.63) is 41.7 Å². The number of pyridine rings is 1. The molecule has 1 rings (SSSR count). The maximum absolute atomic E-state index is 12.2. The lowest BCUT2D eigenvalue weighted by molar-refractivity contribution is -0.138. The average Bonchev–Trinajstić information content (AvgIpc) is 2.44. The molecule has 0 fully saturated rings. The molecule has 5 heteroatoms. The minimum atomic E-state index is -0.643. The Morgan fingerprint density at radius 1 is 1.32 bits per heavy atom. The molecule has 0 aliphatic carbocycles. The summed E-state index contributed by atoms with van der Waals surface area (Å²) in [5, 5.41) is 0. The van der Waals surface area contributed by atoms with Crippen LogP contribution in [-0.2, 0) is 14.3 Å². The van der Waals surface area contributed by atoms with E-state index in [2.05, 4.69) is 4.98 Å². The summed E-state index contributed by atoms with van der Waals surface area (Å²) in [6.45, 7) is 4.43. The van der Waals surface area contributed by atoms with Crippen LogP contribution in [-0.4, -0.2) is 36.6 Å². The molecule has 0 saturated carbocycles. The highest BCUT2D eigenvalue weighted by molar-refractivity contribution is 6.24. The van der Waals surface area contributed by atoms with Crippen molar-refractivity contribution >= 4 is 11.8 Å². The minimum Gasteiger partial charge on any atom is -0.462 e. The Hall–Kier alpha value is -2.01. The van der Waals surface area contributed by atoms with E-state index in [0.29, 0.717) is 12.2 Å². The molecule has 0 aromatic carbocycles. The van der Waals surface area contributed by atoms with Gasteiger partial charge in [-0.2, -0.15) is 0 Å². The first-order valence-electron chi connectivity index (χ1n) is 6.10. The fourth-order valence-electron chi connectivity index (χ4n) is 1.39. The predicted molar refractivity (Wildman–Crippen MR) is 69.8 cm³/mol. The van der Waals surface area contributed by atoms with E-state index in [1.807, 2.05) is 6.92 Å². The first kappa shape index (κ1) is 15.0. The number of carbonyl (C=O) groups is 2. The molecule has 19 heavy (non-hydrogen) atoms. The molecule has 5 nitrogen and oxygen atoms in total. The van der Waals surface area contributed by atoms with Crippen LogP contribution in [0.3, 0.4) is 0 Å². The SMILES string of the molecule is CCOC/C=C(\C(=O)OCC)C(=O)c1cccnc1. The van der Waals surface area contributed by atoms with Crippen molar-refractivity contribution in [1.82, 2.24) is 4.98 Å². The van der Waals surface area contributed by atoms with Gasteiger partial charge in [-0.15, -0.1) is 0 Å². The molecule has 0 unspecified atom stereocenters. The summed E-state index contributed by atoms with van der Waals surface area (Å²) >= 11 is 0. The number of hydrogen-bond donors (Lipinski definition) is 0. The maximum Gasteiger partial charge on any atom is 0.341 e. The zero-order chi connectivity index (χ0) is 14.1. The van der Waals surface area contributed by atoms with Crippen LogP contribution in [0, 0.1) is 0 Å². The third kappa shape index (κ3) is 4.63. The van der Waals surface area contributed by atoms with Crippen molar-refractivity contribution in [1.29, 1.82) is 0 Å². The predicted octanol–water partition coefficient (Wildman–Crippen LogP) is 1.79. The van der Waals surface area contributed by atoms with Crippen molar-refractivity contribution < 1.29 is 19.1 Å². The number of ketones is 1. The highest BCUT2D eigenvalue weighted by atomic mass is 16.5. The number of aromatic nitrogens is 1. The number of nitrogens with zero attached hydrogens (tertiary/aromatic N) is 1. The Balaban J connectivity index is 2.93. The van der Waals surface area contributed by atoms with Crippen LogP contribution in [0.2, 0.25) is 0 Å². The molecule has 0 radical (unpaired) electrons. The topological polar surface area (TPSA) is 65.5 Å².